The molecule has 6 aliphatic carbocycles. The molecule has 10 heteroatoms. The Bertz CT molecular complexity index is 1960. The second-order valence-corrected chi connectivity index (χ2v) is 16.4. The highest BCUT2D eigenvalue weighted by Crippen LogP contribution is 2.50. The molecule has 4 saturated carbocycles. The van der Waals surface area contributed by atoms with Gasteiger partial charge in [0.25, 0.3) is 0 Å². The van der Waals surface area contributed by atoms with Gasteiger partial charge >= 0.3 is 6.18 Å². The number of benzene rings is 2. The standard InChI is InChI=1S/C22H23F3N2O.C20H23FN2O/c23-22(24,25)18-3-1-2-15-9-16-11-26-12-27(16)19(21(15)18)10-20(28)17-8-13-4-6-14(17)7-5-13;21-14-5-6-15-17(8-14)19-10-22-11-23(19)18(15)9-20(24)16-7-12-1-3-13(16)4-2-12/h1-4,6,11-14,17,19-20,28H,5,7-10H2;5-6,8,10-13,16,18,20,24H,1-4,7,9H2. The van der Waals surface area contributed by atoms with Crippen LogP contribution in [0.15, 0.2) is 73.6 Å². The van der Waals surface area contributed by atoms with Crippen molar-refractivity contribution in [3.63, 3.8) is 0 Å². The van der Waals surface area contributed by atoms with Crippen LogP contribution in [-0.4, -0.2) is 41.5 Å². The predicted octanol–water partition coefficient (Wildman–Crippen LogP) is 8.92. The SMILES string of the molecule is OC(CC1c2c(cccc2C(F)(F)F)Cc2cncn21)C1CC2C=CC1CC2.OC(CC1c2ccc(F)cc2-c2cncn21)C1CC2CCC1CC2. The Hall–Kier alpha value is -3.76. The van der Waals surface area contributed by atoms with E-state index in [1.165, 1.54) is 44.2 Å². The van der Waals surface area contributed by atoms with Crippen molar-refractivity contribution in [2.45, 2.75) is 101 Å². The van der Waals surface area contributed by atoms with Gasteiger partial charge in [0.1, 0.15) is 5.82 Å². The zero-order valence-corrected chi connectivity index (χ0v) is 29.2. The molecule has 12 rings (SSSR count). The van der Waals surface area contributed by atoms with Gasteiger partial charge in [0.15, 0.2) is 0 Å². The molecule has 4 fully saturated rings. The molecule has 8 aliphatic rings. The maximum Gasteiger partial charge on any atom is 0.416 e. The lowest BCUT2D eigenvalue weighted by molar-refractivity contribution is -0.138. The summed E-state index contributed by atoms with van der Waals surface area (Å²) >= 11 is 0. The average Bonchev–Trinajstić information content (AvgIpc) is 3.90. The smallest absolute Gasteiger partial charge is 0.393 e. The molecule has 0 radical (unpaired) electrons. The van der Waals surface area contributed by atoms with Crippen molar-refractivity contribution in [1.29, 1.82) is 0 Å². The molecule has 0 spiro atoms. The molecular formula is C42H46F4N4O2. The van der Waals surface area contributed by atoms with Gasteiger partial charge in [-0.2, -0.15) is 13.2 Å². The average molecular weight is 715 g/mol. The lowest BCUT2D eigenvalue weighted by Gasteiger charge is -2.44. The van der Waals surface area contributed by atoms with E-state index in [1.807, 2.05) is 17.0 Å². The number of hydrogen-bond acceptors (Lipinski definition) is 4. The normalized spacial score (nSPS) is 30.5. The van der Waals surface area contributed by atoms with Gasteiger partial charge < -0.3 is 19.3 Å². The van der Waals surface area contributed by atoms with Crippen LogP contribution in [0.25, 0.3) is 11.3 Å². The number of fused-ring (bicyclic) bond motifs is 10. The van der Waals surface area contributed by atoms with E-state index in [0.717, 1.165) is 53.8 Å². The minimum Gasteiger partial charge on any atom is -0.393 e. The summed E-state index contributed by atoms with van der Waals surface area (Å²) in [4.78, 5) is 8.42. The minimum atomic E-state index is -4.42. The summed E-state index contributed by atoms with van der Waals surface area (Å²) in [5.41, 5.74) is 4.30. The summed E-state index contributed by atoms with van der Waals surface area (Å²) in [5, 5.41) is 22.1. The summed E-state index contributed by atoms with van der Waals surface area (Å²) in [5.74, 6) is 2.70. The van der Waals surface area contributed by atoms with Crippen molar-refractivity contribution in [3.05, 3.63) is 107 Å². The molecule has 274 valence electrons. The Labute approximate surface area is 301 Å². The van der Waals surface area contributed by atoms with Crippen LogP contribution < -0.4 is 0 Å². The van der Waals surface area contributed by atoms with Gasteiger partial charge in [-0.15, -0.1) is 0 Å². The van der Waals surface area contributed by atoms with Crippen LogP contribution in [0.3, 0.4) is 0 Å². The van der Waals surface area contributed by atoms with Gasteiger partial charge in [-0.1, -0.05) is 43.2 Å². The first-order valence-corrected chi connectivity index (χ1v) is 19.2. The summed E-state index contributed by atoms with van der Waals surface area (Å²) in [6, 6.07) is 8.94. The molecule has 4 aromatic rings. The molecule has 6 nitrogen and oxygen atoms in total. The third-order valence-electron chi connectivity index (χ3n) is 13.6. The van der Waals surface area contributed by atoms with Crippen molar-refractivity contribution in [2.75, 3.05) is 0 Å². The number of hydrogen-bond donors (Lipinski definition) is 2. The highest BCUT2D eigenvalue weighted by Gasteiger charge is 2.43. The molecule has 4 bridgehead atoms. The van der Waals surface area contributed by atoms with Crippen LogP contribution in [0.2, 0.25) is 0 Å². The van der Waals surface area contributed by atoms with Crippen LogP contribution in [0.4, 0.5) is 17.6 Å². The van der Waals surface area contributed by atoms with Crippen molar-refractivity contribution in [1.82, 2.24) is 19.1 Å². The molecule has 8 unspecified atom stereocenters. The Morgan fingerprint density at radius 2 is 1.58 bits per heavy atom. The molecule has 0 saturated heterocycles. The Kier molecular flexibility index (Phi) is 8.69. The topological polar surface area (TPSA) is 76.1 Å². The van der Waals surface area contributed by atoms with Gasteiger partial charge in [-0.25, -0.2) is 14.4 Å². The molecular weight excluding hydrogens is 668 g/mol. The molecule has 2 aromatic carbocycles. The Balaban J connectivity index is 0.000000140. The molecule has 52 heavy (non-hydrogen) atoms. The lowest BCUT2D eigenvalue weighted by atomic mass is 9.62. The fraction of sp³-hybridized carbons (Fsp3) is 0.524. The first kappa shape index (κ1) is 34.0. The van der Waals surface area contributed by atoms with Crippen LogP contribution >= 0.6 is 0 Å². The van der Waals surface area contributed by atoms with E-state index in [-0.39, 0.29) is 30.3 Å². The van der Waals surface area contributed by atoms with Gasteiger partial charge in [-0.3, -0.25) is 0 Å². The maximum absolute atomic E-state index is 13.8. The number of rotatable bonds is 6. The maximum atomic E-state index is 13.8. The van der Waals surface area contributed by atoms with Crippen molar-refractivity contribution >= 4 is 0 Å². The molecule has 2 N–H and O–H groups in total. The molecule has 8 atom stereocenters. The fourth-order valence-electron chi connectivity index (χ4n) is 11.0. The number of alkyl halides is 3. The second-order valence-electron chi connectivity index (χ2n) is 16.4. The number of nitrogens with zero attached hydrogens (tertiary/aromatic N) is 4. The minimum absolute atomic E-state index is 0.0774. The number of aliphatic hydroxyl groups excluding tert-OH is 2. The van der Waals surface area contributed by atoms with Crippen molar-refractivity contribution in [3.8, 4) is 11.3 Å². The fourth-order valence-corrected chi connectivity index (χ4v) is 11.0. The van der Waals surface area contributed by atoms with E-state index in [0.29, 0.717) is 47.6 Å². The number of imidazole rings is 2. The van der Waals surface area contributed by atoms with E-state index < -0.39 is 23.9 Å². The second kappa shape index (κ2) is 13.3. The summed E-state index contributed by atoms with van der Waals surface area (Å²) in [7, 11) is 0. The van der Waals surface area contributed by atoms with E-state index >= 15 is 0 Å². The first-order chi connectivity index (χ1) is 25.1. The van der Waals surface area contributed by atoms with Crippen LogP contribution in [0, 0.1) is 41.3 Å². The van der Waals surface area contributed by atoms with E-state index in [9.17, 15) is 27.8 Å². The molecule has 0 amide bonds. The number of halogens is 4. The largest absolute Gasteiger partial charge is 0.416 e. The van der Waals surface area contributed by atoms with E-state index in [2.05, 4.69) is 26.7 Å². The first-order valence-electron chi connectivity index (χ1n) is 19.2. The van der Waals surface area contributed by atoms with Gasteiger partial charge in [0.05, 0.1) is 54.4 Å². The Morgan fingerprint density at radius 1 is 0.808 bits per heavy atom. The van der Waals surface area contributed by atoms with E-state index in [1.54, 1.807) is 30.9 Å². The van der Waals surface area contributed by atoms with E-state index in [4.69, 9.17) is 0 Å². The molecule has 4 heterocycles. The van der Waals surface area contributed by atoms with Gasteiger partial charge in [0, 0.05) is 23.9 Å². The summed E-state index contributed by atoms with van der Waals surface area (Å²) in [6.45, 7) is 0. The zero-order valence-electron chi connectivity index (χ0n) is 29.2. The molecule has 2 aromatic heterocycles. The van der Waals surface area contributed by atoms with Crippen molar-refractivity contribution < 1.29 is 27.8 Å². The van der Waals surface area contributed by atoms with Crippen LogP contribution in [0.1, 0.15) is 104 Å². The highest BCUT2D eigenvalue weighted by atomic mass is 19.4. The third kappa shape index (κ3) is 6.03. The summed E-state index contributed by atoms with van der Waals surface area (Å²) < 4.78 is 58.9. The van der Waals surface area contributed by atoms with Gasteiger partial charge in [-0.05, 0) is 122 Å². The number of aromatic nitrogens is 4. The number of aliphatic hydroxyl groups is 2. The third-order valence-corrected chi connectivity index (χ3v) is 13.6. The van der Waals surface area contributed by atoms with Gasteiger partial charge in [0.2, 0.25) is 0 Å². The predicted molar refractivity (Wildman–Crippen MR) is 189 cm³/mol. The van der Waals surface area contributed by atoms with Crippen molar-refractivity contribution in [2.24, 2.45) is 35.5 Å². The molecule has 2 aliphatic heterocycles. The quantitative estimate of drug-likeness (QED) is 0.155. The zero-order chi connectivity index (χ0) is 35.7. The number of allylic oxidation sites excluding steroid dienone is 2. The summed E-state index contributed by atoms with van der Waals surface area (Å²) in [6.07, 6.45) is 17.1. The highest BCUT2D eigenvalue weighted by molar-refractivity contribution is 5.69. The monoisotopic (exact) mass is 714 g/mol. The van der Waals surface area contributed by atoms with Crippen LogP contribution in [0.5, 0.6) is 0 Å². The Morgan fingerprint density at radius 3 is 2.29 bits per heavy atom. The lowest BCUT2D eigenvalue weighted by Crippen LogP contribution is -2.39. The van der Waals surface area contributed by atoms with Crippen LogP contribution in [-0.2, 0) is 12.6 Å².